The zero-order valence-corrected chi connectivity index (χ0v) is 16.5. The van der Waals surface area contributed by atoms with Crippen LogP contribution >= 0.6 is 11.3 Å². The lowest BCUT2D eigenvalue weighted by Crippen LogP contribution is -3.11. The maximum atomic E-state index is 12.6. The first-order chi connectivity index (χ1) is 12.7. The minimum absolute atomic E-state index is 0.130. The van der Waals surface area contributed by atoms with Crippen molar-refractivity contribution in [3.05, 3.63) is 40.4 Å². The van der Waals surface area contributed by atoms with Gasteiger partial charge in [0.1, 0.15) is 12.3 Å². The topological polar surface area (TPSA) is 55.7 Å². The average Bonchev–Trinajstić information content (AvgIpc) is 3.06. The van der Waals surface area contributed by atoms with Gasteiger partial charge in [-0.05, 0) is 31.5 Å². The van der Waals surface area contributed by atoms with Gasteiger partial charge < -0.3 is 9.64 Å². The minimum atomic E-state index is -0.130. The van der Waals surface area contributed by atoms with E-state index in [0.717, 1.165) is 50.3 Å². The molecule has 0 spiro atoms. The summed E-state index contributed by atoms with van der Waals surface area (Å²) in [5.74, 6) is 0.615. The third kappa shape index (κ3) is 4.83. The zero-order valence-electron chi connectivity index (χ0n) is 15.6. The molecule has 1 aliphatic heterocycles. The highest BCUT2D eigenvalue weighted by Gasteiger charge is 2.23. The normalized spacial score (nSPS) is 16.2. The van der Waals surface area contributed by atoms with Crippen LogP contribution in [-0.4, -0.2) is 30.6 Å². The maximum absolute atomic E-state index is 12.6. The average molecular weight is 375 g/mol. The van der Waals surface area contributed by atoms with Crippen molar-refractivity contribution in [1.82, 2.24) is 4.98 Å². The predicted molar refractivity (Wildman–Crippen MR) is 105 cm³/mol. The first-order valence-corrected chi connectivity index (χ1v) is 10.4. The van der Waals surface area contributed by atoms with Crippen LogP contribution in [-0.2, 0) is 13.0 Å². The molecule has 0 aliphatic carbocycles. The van der Waals surface area contributed by atoms with E-state index in [1.54, 1.807) is 22.3 Å². The molecule has 0 bridgehead atoms. The molecule has 1 unspecified atom stereocenters. The molecular weight excluding hydrogens is 346 g/mol. The number of aromatic nitrogens is 1. The Balaban J connectivity index is 1.61. The molecule has 2 N–H and O–H groups in total. The molecule has 2 heterocycles. The molecule has 3 rings (SSSR count). The second-order valence-electron chi connectivity index (χ2n) is 6.71. The number of benzene rings is 1. The Kier molecular flexibility index (Phi) is 6.63. The summed E-state index contributed by atoms with van der Waals surface area (Å²) in [6.07, 6.45) is 4.35. The monoisotopic (exact) mass is 374 g/mol. The molecule has 5 nitrogen and oxygen atoms in total. The highest BCUT2D eigenvalue weighted by Crippen LogP contribution is 2.25. The minimum Gasteiger partial charge on any atom is -0.494 e. The summed E-state index contributed by atoms with van der Waals surface area (Å²) in [5, 5.41) is 3.66. The number of carbonyl (C=O) groups excluding carboxylic acids is 1. The number of carbonyl (C=O) groups is 1. The van der Waals surface area contributed by atoms with Crippen LogP contribution in [0.3, 0.4) is 0 Å². The molecule has 1 aromatic carbocycles. The lowest BCUT2D eigenvalue weighted by atomic mass is 10.2. The molecule has 1 atom stereocenters. The van der Waals surface area contributed by atoms with Crippen molar-refractivity contribution < 1.29 is 14.4 Å². The van der Waals surface area contributed by atoms with Crippen LogP contribution in [0.25, 0.3) is 0 Å². The second kappa shape index (κ2) is 9.14. The molecule has 1 amide bonds. The van der Waals surface area contributed by atoms with Gasteiger partial charge in [0.2, 0.25) is 0 Å². The van der Waals surface area contributed by atoms with E-state index in [2.05, 4.69) is 24.1 Å². The van der Waals surface area contributed by atoms with E-state index in [1.165, 1.54) is 11.3 Å². The van der Waals surface area contributed by atoms with Gasteiger partial charge in [-0.15, -0.1) is 0 Å². The number of quaternary nitrogens is 1. The number of rotatable bonds is 8. The summed E-state index contributed by atoms with van der Waals surface area (Å²) in [7, 11) is 0. The van der Waals surface area contributed by atoms with Gasteiger partial charge in [0.05, 0.1) is 30.3 Å². The van der Waals surface area contributed by atoms with Gasteiger partial charge in [-0.1, -0.05) is 37.2 Å². The molecule has 0 radical (unpaired) electrons. The Hall–Kier alpha value is -1.92. The number of fused-ring (bicyclic) bond motifs is 1. The van der Waals surface area contributed by atoms with Crippen LogP contribution < -0.4 is 15.0 Å². The molecule has 140 valence electrons. The zero-order chi connectivity index (χ0) is 18.4. The highest BCUT2D eigenvalue weighted by atomic mass is 32.1. The van der Waals surface area contributed by atoms with Gasteiger partial charge in [-0.2, -0.15) is 0 Å². The molecule has 0 saturated carbocycles. The number of nitrogens with zero attached hydrogens (tertiary/aromatic N) is 1. The fraction of sp³-hybridized carbons (Fsp3) is 0.500. The molecule has 1 aliphatic rings. The Labute approximate surface area is 159 Å². The van der Waals surface area contributed by atoms with Crippen molar-refractivity contribution in [2.45, 2.75) is 46.1 Å². The number of nitrogens with one attached hydrogen (secondary N) is 2. The van der Waals surface area contributed by atoms with Gasteiger partial charge in [0.25, 0.3) is 5.91 Å². The predicted octanol–water partition coefficient (Wildman–Crippen LogP) is 2.93. The number of anilines is 1. The summed E-state index contributed by atoms with van der Waals surface area (Å²) in [5.41, 5.74) is 1.75. The number of hydrogen-bond acceptors (Lipinski definition) is 4. The molecule has 0 fully saturated rings. The van der Waals surface area contributed by atoms with Gasteiger partial charge in [-0.25, -0.2) is 4.98 Å². The summed E-state index contributed by atoms with van der Waals surface area (Å²) >= 11 is 1.61. The number of unbranched alkanes of at least 4 members (excludes halogenated alkanes) is 2. The van der Waals surface area contributed by atoms with E-state index in [-0.39, 0.29) is 5.91 Å². The van der Waals surface area contributed by atoms with Crippen LogP contribution in [0, 0.1) is 0 Å². The second-order valence-corrected chi connectivity index (χ2v) is 7.79. The Morgan fingerprint density at radius 2 is 2.23 bits per heavy atom. The molecule has 6 heteroatoms. The summed E-state index contributed by atoms with van der Waals surface area (Å²) in [6, 6.07) is 7.37. The number of likely N-dealkylation sites (N-methyl/N-ethyl adjacent to an activating group) is 1. The summed E-state index contributed by atoms with van der Waals surface area (Å²) < 4.78 is 5.74. The lowest BCUT2D eigenvalue weighted by molar-refractivity contribution is -0.913. The number of amides is 1. The largest absolute Gasteiger partial charge is 0.494 e. The summed E-state index contributed by atoms with van der Waals surface area (Å²) in [6.45, 7) is 8.33. The van der Waals surface area contributed by atoms with Crippen molar-refractivity contribution in [2.24, 2.45) is 0 Å². The Bertz CT molecular complexity index is 744. The van der Waals surface area contributed by atoms with Gasteiger partial charge in [0, 0.05) is 12.0 Å². The van der Waals surface area contributed by atoms with E-state index >= 15 is 0 Å². The van der Waals surface area contributed by atoms with Crippen molar-refractivity contribution in [3.63, 3.8) is 0 Å². The van der Waals surface area contributed by atoms with Crippen LogP contribution in [0.4, 0.5) is 5.13 Å². The summed E-state index contributed by atoms with van der Waals surface area (Å²) in [4.78, 5) is 20.1. The quantitative estimate of drug-likeness (QED) is 0.699. The van der Waals surface area contributed by atoms with Crippen molar-refractivity contribution in [2.75, 3.05) is 25.0 Å². The van der Waals surface area contributed by atoms with E-state index in [4.69, 9.17) is 4.74 Å². The van der Waals surface area contributed by atoms with Gasteiger partial charge in [-0.3, -0.25) is 10.1 Å². The van der Waals surface area contributed by atoms with Gasteiger partial charge in [0.15, 0.2) is 5.13 Å². The van der Waals surface area contributed by atoms with Crippen LogP contribution in [0.1, 0.15) is 54.0 Å². The first kappa shape index (κ1) is 18.9. The van der Waals surface area contributed by atoms with Crippen LogP contribution in [0.5, 0.6) is 5.75 Å². The number of thiazole rings is 1. The fourth-order valence-corrected chi connectivity index (χ4v) is 4.20. The third-order valence-corrected chi connectivity index (χ3v) is 5.75. The van der Waals surface area contributed by atoms with E-state index < -0.39 is 0 Å². The van der Waals surface area contributed by atoms with Crippen LogP contribution in [0.2, 0.25) is 0 Å². The SMILES string of the molecule is CCCCCOc1cccc(C(=O)Nc2nc3c(s2)C[NH+](CC)CC3)c1. The van der Waals surface area contributed by atoms with E-state index in [0.29, 0.717) is 17.3 Å². The van der Waals surface area contributed by atoms with Crippen LogP contribution in [0.15, 0.2) is 24.3 Å². The van der Waals surface area contributed by atoms with Crippen molar-refractivity contribution in [3.8, 4) is 5.75 Å². The molecule has 26 heavy (non-hydrogen) atoms. The highest BCUT2D eigenvalue weighted by molar-refractivity contribution is 7.15. The van der Waals surface area contributed by atoms with Gasteiger partial charge >= 0.3 is 0 Å². The molecule has 0 saturated heterocycles. The van der Waals surface area contributed by atoms with E-state index in [1.807, 2.05) is 18.2 Å². The fourth-order valence-electron chi connectivity index (χ4n) is 3.12. The van der Waals surface area contributed by atoms with Crippen molar-refractivity contribution in [1.29, 1.82) is 0 Å². The third-order valence-electron chi connectivity index (χ3n) is 4.74. The van der Waals surface area contributed by atoms with Crippen molar-refractivity contribution >= 4 is 22.4 Å². The molecule has 2 aromatic rings. The van der Waals surface area contributed by atoms with E-state index in [9.17, 15) is 4.79 Å². The number of ether oxygens (including phenoxy) is 1. The molecule has 1 aromatic heterocycles. The number of hydrogen-bond donors (Lipinski definition) is 2. The maximum Gasteiger partial charge on any atom is 0.257 e. The Morgan fingerprint density at radius 3 is 3.04 bits per heavy atom. The smallest absolute Gasteiger partial charge is 0.257 e. The standard InChI is InChI=1S/C20H27N3O2S/c1-3-5-6-12-25-16-9-7-8-15(13-16)19(24)22-20-21-17-10-11-23(4-2)14-18(17)26-20/h7-9,13H,3-6,10-12,14H2,1-2H3,(H,21,22,24)/p+1. The Morgan fingerprint density at radius 1 is 1.35 bits per heavy atom. The lowest BCUT2D eigenvalue weighted by Gasteiger charge is -2.20. The first-order valence-electron chi connectivity index (χ1n) is 9.56. The molecular formula is C20H28N3O2S+.